The first-order valence-corrected chi connectivity index (χ1v) is 8.73. The van der Waals surface area contributed by atoms with Crippen molar-refractivity contribution in [2.75, 3.05) is 0 Å². The number of nitrogens with zero attached hydrogens (tertiary/aromatic N) is 2. The highest BCUT2D eigenvalue weighted by molar-refractivity contribution is 6.09. The van der Waals surface area contributed by atoms with Gasteiger partial charge >= 0.3 is 0 Å². The van der Waals surface area contributed by atoms with E-state index in [1.807, 2.05) is 18.2 Å². The topological polar surface area (TPSA) is 109 Å². The van der Waals surface area contributed by atoms with E-state index in [0.29, 0.717) is 0 Å². The molecule has 3 rings (SSSR count). The van der Waals surface area contributed by atoms with Crippen LogP contribution in [-0.4, -0.2) is 22.6 Å². The van der Waals surface area contributed by atoms with E-state index in [1.54, 1.807) is 0 Å². The highest BCUT2D eigenvalue weighted by Gasteiger charge is 2.19. The van der Waals surface area contributed by atoms with Gasteiger partial charge in [0.2, 0.25) is 5.79 Å². The quantitative estimate of drug-likeness (QED) is 0.493. The van der Waals surface area contributed by atoms with E-state index in [1.165, 1.54) is 37.6 Å². The lowest BCUT2D eigenvalue weighted by atomic mass is 10.0. The highest BCUT2D eigenvalue weighted by atomic mass is 16.6. The molecule has 0 fully saturated rings. The Morgan fingerprint density at radius 3 is 2.78 bits per heavy atom. The maximum Gasteiger partial charge on any atom is 0.278 e. The Morgan fingerprint density at radius 1 is 1.30 bits per heavy atom. The highest BCUT2D eigenvalue weighted by Crippen LogP contribution is 2.26. The number of aliphatic hydroxyl groups is 1. The molecule has 0 bridgehead atoms. The predicted molar refractivity (Wildman–Crippen MR) is 102 cm³/mol. The fourth-order valence-corrected chi connectivity index (χ4v) is 3.20. The molecule has 2 aromatic carbocycles. The molecule has 1 aliphatic rings. The number of ether oxygens (including phenoxy) is 1. The summed E-state index contributed by atoms with van der Waals surface area (Å²) in [5.74, 6) is -1.60. The van der Waals surface area contributed by atoms with Crippen LogP contribution < -0.4 is 10.5 Å². The van der Waals surface area contributed by atoms with Gasteiger partial charge in [0.25, 0.3) is 5.91 Å². The Bertz CT molecular complexity index is 966. The number of aryl methyl sites for hydroxylation is 1. The van der Waals surface area contributed by atoms with Gasteiger partial charge in [-0.05, 0) is 48.6 Å². The Kier molecular flexibility index (Phi) is 4.98. The molecule has 0 atom stereocenters. The molecule has 0 radical (unpaired) electrons. The number of rotatable bonds is 4. The molecule has 2 aromatic rings. The lowest BCUT2D eigenvalue weighted by Gasteiger charge is -2.20. The van der Waals surface area contributed by atoms with Crippen molar-refractivity contribution in [3.8, 4) is 11.8 Å². The van der Waals surface area contributed by atoms with Gasteiger partial charge in [-0.3, -0.25) is 4.79 Å². The molecule has 0 saturated heterocycles. The molecule has 3 N–H and O–H groups in total. The zero-order valence-electron chi connectivity index (χ0n) is 15.3. The standard InChI is InChI=1S/C21H21N3O3/c1-21(2,26)27-18-10-9-14(11-15(18)12-22)20(25)24-19(23)17-8-4-6-13-5-3-7-16(13)17/h4,6,8-11,26H,3,5,7H2,1-2H3,(H2,23,24,25). The normalized spacial score (nSPS) is 13.8. The Balaban J connectivity index is 1.89. The summed E-state index contributed by atoms with van der Waals surface area (Å²) in [5, 5.41) is 19.1. The molecule has 0 aliphatic heterocycles. The van der Waals surface area contributed by atoms with Crippen molar-refractivity contribution in [2.24, 2.45) is 10.7 Å². The molecule has 138 valence electrons. The SMILES string of the molecule is CC(C)(O)Oc1ccc(C(=O)N=C(N)c2cccc3c2CCC3)cc1C#N. The molecular weight excluding hydrogens is 342 g/mol. The number of nitriles is 1. The van der Waals surface area contributed by atoms with Crippen molar-refractivity contribution >= 4 is 11.7 Å². The van der Waals surface area contributed by atoms with Gasteiger partial charge in [0, 0.05) is 25.0 Å². The van der Waals surface area contributed by atoms with E-state index >= 15 is 0 Å². The number of hydrogen-bond donors (Lipinski definition) is 2. The second-order valence-electron chi connectivity index (χ2n) is 6.97. The maximum absolute atomic E-state index is 12.5. The summed E-state index contributed by atoms with van der Waals surface area (Å²) >= 11 is 0. The van der Waals surface area contributed by atoms with Gasteiger partial charge < -0.3 is 15.6 Å². The molecule has 0 unspecified atom stereocenters. The summed E-state index contributed by atoms with van der Waals surface area (Å²) in [6.45, 7) is 2.91. The zero-order chi connectivity index (χ0) is 19.6. The summed E-state index contributed by atoms with van der Waals surface area (Å²) < 4.78 is 5.32. The first-order chi connectivity index (χ1) is 12.8. The van der Waals surface area contributed by atoms with Crippen LogP contribution >= 0.6 is 0 Å². The molecule has 0 spiro atoms. The van der Waals surface area contributed by atoms with Crippen LogP contribution in [0.15, 0.2) is 41.4 Å². The van der Waals surface area contributed by atoms with Gasteiger partial charge in [0.05, 0.1) is 5.56 Å². The molecule has 6 heteroatoms. The van der Waals surface area contributed by atoms with Gasteiger partial charge in [0.1, 0.15) is 17.7 Å². The van der Waals surface area contributed by atoms with Crippen molar-refractivity contribution < 1.29 is 14.6 Å². The minimum atomic E-state index is -1.44. The van der Waals surface area contributed by atoms with Crippen molar-refractivity contribution in [3.63, 3.8) is 0 Å². The predicted octanol–water partition coefficient (Wildman–Crippen LogP) is 2.70. The van der Waals surface area contributed by atoms with Crippen molar-refractivity contribution in [1.82, 2.24) is 0 Å². The number of carbonyl (C=O) groups excluding carboxylic acids is 1. The fraction of sp³-hybridized carbons (Fsp3) is 0.286. The fourth-order valence-electron chi connectivity index (χ4n) is 3.20. The Hall–Kier alpha value is -3.17. The van der Waals surface area contributed by atoms with E-state index in [9.17, 15) is 15.2 Å². The van der Waals surface area contributed by atoms with Gasteiger partial charge in [0.15, 0.2) is 0 Å². The van der Waals surface area contributed by atoms with Crippen molar-refractivity contribution in [2.45, 2.75) is 38.9 Å². The zero-order valence-corrected chi connectivity index (χ0v) is 15.3. The summed E-state index contributed by atoms with van der Waals surface area (Å²) in [7, 11) is 0. The van der Waals surface area contributed by atoms with Gasteiger partial charge in [-0.2, -0.15) is 10.3 Å². The average molecular weight is 363 g/mol. The smallest absolute Gasteiger partial charge is 0.278 e. The monoisotopic (exact) mass is 363 g/mol. The minimum absolute atomic E-state index is 0.136. The summed E-state index contributed by atoms with van der Waals surface area (Å²) in [6, 6.07) is 12.2. The molecule has 0 saturated carbocycles. The molecule has 27 heavy (non-hydrogen) atoms. The summed E-state index contributed by atoms with van der Waals surface area (Å²) in [6.07, 6.45) is 3.01. The Labute approximate surface area is 157 Å². The van der Waals surface area contributed by atoms with Crippen LogP contribution in [0.25, 0.3) is 0 Å². The first-order valence-electron chi connectivity index (χ1n) is 8.73. The van der Waals surface area contributed by atoms with E-state index in [0.717, 1.165) is 30.4 Å². The lowest BCUT2D eigenvalue weighted by molar-refractivity contribution is -0.104. The number of benzene rings is 2. The number of nitrogens with two attached hydrogens (primary N) is 1. The number of aliphatic imine (C=N–C) groups is 1. The van der Waals surface area contributed by atoms with Crippen LogP contribution in [0.5, 0.6) is 5.75 Å². The molecule has 6 nitrogen and oxygen atoms in total. The van der Waals surface area contributed by atoms with Gasteiger partial charge in [-0.15, -0.1) is 0 Å². The minimum Gasteiger partial charge on any atom is -0.462 e. The van der Waals surface area contributed by atoms with Crippen LogP contribution in [0.3, 0.4) is 0 Å². The van der Waals surface area contributed by atoms with Gasteiger partial charge in [-0.25, -0.2) is 0 Å². The van der Waals surface area contributed by atoms with E-state index < -0.39 is 11.7 Å². The van der Waals surface area contributed by atoms with Crippen LogP contribution in [0, 0.1) is 11.3 Å². The third-order valence-corrected chi connectivity index (χ3v) is 4.35. The average Bonchev–Trinajstić information content (AvgIpc) is 3.09. The summed E-state index contributed by atoms with van der Waals surface area (Å²) in [4.78, 5) is 16.6. The van der Waals surface area contributed by atoms with Crippen LogP contribution in [0.1, 0.15) is 52.9 Å². The third kappa shape index (κ3) is 4.15. The second kappa shape index (κ2) is 7.22. The second-order valence-corrected chi connectivity index (χ2v) is 6.97. The number of amides is 1. The van der Waals surface area contributed by atoms with E-state index in [2.05, 4.69) is 11.1 Å². The summed E-state index contributed by atoms with van der Waals surface area (Å²) in [5.41, 5.74) is 9.65. The number of amidine groups is 1. The van der Waals surface area contributed by atoms with Crippen molar-refractivity contribution in [1.29, 1.82) is 5.26 Å². The largest absolute Gasteiger partial charge is 0.462 e. The molecule has 0 aromatic heterocycles. The number of fused-ring (bicyclic) bond motifs is 1. The molecular formula is C21H21N3O3. The molecule has 0 heterocycles. The van der Waals surface area contributed by atoms with Crippen molar-refractivity contribution in [3.05, 3.63) is 64.2 Å². The van der Waals surface area contributed by atoms with Crippen LogP contribution in [0.4, 0.5) is 0 Å². The van der Waals surface area contributed by atoms with Crippen LogP contribution in [0.2, 0.25) is 0 Å². The van der Waals surface area contributed by atoms with E-state index in [-0.39, 0.29) is 22.7 Å². The molecule has 1 amide bonds. The Morgan fingerprint density at radius 2 is 2.07 bits per heavy atom. The number of carbonyl (C=O) groups is 1. The van der Waals surface area contributed by atoms with Crippen LogP contribution in [-0.2, 0) is 12.8 Å². The maximum atomic E-state index is 12.5. The van der Waals surface area contributed by atoms with E-state index in [4.69, 9.17) is 10.5 Å². The molecule has 1 aliphatic carbocycles. The first kappa shape index (κ1) is 18.6. The van der Waals surface area contributed by atoms with Gasteiger partial charge in [-0.1, -0.05) is 18.2 Å². The lowest BCUT2D eigenvalue weighted by Crippen LogP contribution is -2.27. The number of hydrogen-bond acceptors (Lipinski definition) is 4. The third-order valence-electron chi connectivity index (χ3n) is 4.35.